The van der Waals surface area contributed by atoms with Crippen molar-refractivity contribution in [2.45, 2.75) is 32.2 Å². The minimum atomic E-state index is -3.24. The second-order valence-electron chi connectivity index (χ2n) is 5.53. The Hall–Kier alpha value is -1.74. The molecule has 0 saturated carbocycles. The summed E-state index contributed by atoms with van der Waals surface area (Å²) in [6.07, 6.45) is 5.04. The minimum absolute atomic E-state index is 0.168. The quantitative estimate of drug-likeness (QED) is 0.862. The summed E-state index contributed by atoms with van der Waals surface area (Å²) in [5.41, 5.74) is 0.825. The number of rotatable bonds is 5. The highest BCUT2D eigenvalue weighted by molar-refractivity contribution is 7.89. The number of H-pyrrole nitrogens is 1. The molecule has 1 N–H and O–H groups in total. The maximum absolute atomic E-state index is 12.3. The molecule has 0 bridgehead atoms. The van der Waals surface area contributed by atoms with Gasteiger partial charge in [0.05, 0.1) is 18.0 Å². The monoisotopic (exact) mass is 325 g/mol. The molecule has 1 saturated heterocycles. The molecule has 1 unspecified atom stereocenters. The Morgan fingerprint density at radius 2 is 2.27 bits per heavy atom. The van der Waals surface area contributed by atoms with Crippen LogP contribution in [0.4, 0.5) is 0 Å². The van der Waals surface area contributed by atoms with E-state index in [0.29, 0.717) is 37.1 Å². The molecule has 9 heteroatoms. The zero-order valence-electron chi connectivity index (χ0n) is 12.4. The zero-order chi connectivity index (χ0) is 15.7. The van der Waals surface area contributed by atoms with E-state index in [9.17, 15) is 13.2 Å². The van der Waals surface area contributed by atoms with E-state index >= 15 is 0 Å². The van der Waals surface area contributed by atoms with Gasteiger partial charge in [-0.25, -0.2) is 23.2 Å². The first-order valence-electron chi connectivity index (χ1n) is 7.41. The number of aromatic amines is 1. The van der Waals surface area contributed by atoms with Gasteiger partial charge in [-0.2, -0.15) is 4.31 Å². The van der Waals surface area contributed by atoms with Gasteiger partial charge in [0, 0.05) is 13.1 Å². The maximum atomic E-state index is 12.3. The average molecular weight is 325 g/mol. The fourth-order valence-electron chi connectivity index (χ4n) is 2.84. The standard InChI is InChI=1S/C13H19N5O3S/c1-2-3-6-22(20,21)17-5-4-10(8-17)18-12-11(16-13(18)19)7-14-9-15-12/h7,9-10H,2-6,8H2,1H3,(H,16,19). The minimum Gasteiger partial charge on any atom is -0.303 e. The molecular formula is C13H19N5O3S. The van der Waals surface area contributed by atoms with Crippen LogP contribution in [0.2, 0.25) is 0 Å². The van der Waals surface area contributed by atoms with E-state index < -0.39 is 10.0 Å². The van der Waals surface area contributed by atoms with Crippen molar-refractivity contribution in [3.05, 3.63) is 23.0 Å². The van der Waals surface area contributed by atoms with Crippen LogP contribution in [0.3, 0.4) is 0 Å². The van der Waals surface area contributed by atoms with Crippen LogP contribution < -0.4 is 5.69 Å². The molecule has 1 atom stereocenters. The molecule has 2 aromatic rings. The molecule has 1 fully saturated rings. The Bertz CT molecular complexity index is 826. The molecule has 3 rings (SSSR count). The highest BCUT2D eigenvalue weighted by Crippen LogP contribution is 2.25. The van der Waals surface area contributed by atoms with Gasteiger partial charge < -0.3 is 4.98 Å². The van der Waals surface area contributed by atoms with Gasteiger partial charge in [-0.15, -0.1) is 0 Å². The Kier molecular flexibility index (Phi) is 4.00. The van der Waals surface area contributed by atoms with Crippen LogP contribution in [-0.2, 0) is 10.0 Å². The van der Waals surface area contributed by atoms with E-state index in [-0.39, 0.29) is 17.5 Å². The Morgan fingerprint density at radius 1 is 1.45 bits per heavy atom. The van der Waals surface area contributed by atoms with E-state index in [1.807, 2.05) is 6.92 Å². The van der Waals surface area contributed by atoms with Gasteiger partial charge in [0.25, 0.3) is 0 Å². The normalized spacial score (nSPS) is 20.0. The van der Waals surface area contributed by atoms with Gasteiger partial charge in [-0.3, -0.25) is 4.57 Å². The average Bonchev–Trinajstić information content (AvgIpc) is 3.08. The van der Waals surface area contributed by atoms with Gasteiger partial charge >= 0.3 is 5.69 Å². The summed E-state index contributed by atoms with van der Waals surface area (Å²) in [6.45, 7) is 2.73. The molecule has 2 aromatic heterocycles. The summed E-state index contributed by atoms with van der Waals surface area (Å²) in [6, 6.07) is -0.187. The van der Waals surface area contributed by atoms with Crippen LogP contribution in [0, 0.1) is 0 Å². The Balaban J connectivity index is 1.86. The molecular weight excluding hydrogens is 306 g/mol. The summed E-state index contributed by atoms with van der Waals surface area (Å²) in [5.74, 6) is 0.168. The zero-order valence-corrected chi connectivity index (χ0v) is 13.2. The number of aromatic nitrogens is 4. The van der Waals surface area contributed by atoms with Crippen molar-refractivity contribution in [3.8, 4) is 0 Å². The van der Waals surface area contributed by atoms with E-state index in [0.717, 1.165) is 6.42 Å². The van der Waals surface area contributed by atoms with Gasteiger partial charge in [-0.05, 0) is 12.8 Å². The number of unbranched alkanes of at least 4 members (excludes halogenated alkanes) is 1. The molecule has 0 spiro atoms. The van der Waals surface area contributed by atoms with Gasteiger partial charge in [0.2, 0.25) is 10.0 Å². The first kappa shape index (κ1) is 15.2. The summed E-state index contributed by atoms with van der Waals surface area (Å²) < 4.78 is 27.6. The van der Waals surface area contributed by atoms with Crippen molar-refractivity contribution < 1.29 is 8.42 Å². The molecule has 22 heavy (non-hydrogen) atoms. The lowest BCUT2D eigenvalue weighted by molar-refractivity contribution is 0.450. The molecule has 0 aromatic carbocycles. The topological polar surface area (TPSA) is 101 Å². The van der Waals surface area contributed by atoms with E-state index in [1.54, 1.807) is 10.8 Å². The van der Waals surface area contributed by atoms with Crippen molar-refractivity contribution >= 4 is 21.2 Å². The molecule has 3 heterocycles. The molecule has 0 aliphatic carbocycles. The lowest BCUT2D eigenvalue weighted by Crippen LogP contribution is -2.32. The SMILES string of the molecule is CCCCS(=O)(=O)N1CCC(n2c(=O)[nH]c3cncnc32)C1. The number of hydrogen-bond acceptors (Lipinski definition) is 5. The Labute approximate surface area is 128 Å². The Morgan fingerprint density at radius 3 is 3.05 bits per heavy atom. The molecule has 0 amide bonds. The first-order valence-corrected chi connectivity index (χ1v) is 9.02. The summed E-state index contributed by atoms with van der Waals surface area (Å²) >= 11 is 0. The lowest BCUT2D eigenvalue weighted by atomic mass is 10.2. The van der Waals surface area contributed by atoms with Crippen LogP contribution >= 0.6 is 0 Å². The second kappa shape index (κ2) is 5.81. The highest BCUT2D eigenvalue weighted by Gasteiger charge is 2.33. The lowest BCUT2D eigenvalue weighted by Gasteiger charge is -2.16. The number of nitrogens with one attached hydrogen (secondary N) is 1. The summed E-state index contributed by atoms with van der Waals surface area (Å²) in [7, 11) is -3.24. The van der Waals surface area contributed by atoms with Crippen LogP contribution in [-0.4, -0.2) is 51.1 Å². The third kappa shape index (κ3) is 2.66. The van der Waals surface area contributed by atoms with Crippen LogP contribution in [0.1, 0.15) is 32.2 Å². The maximum Gasteiger partial charge on any atom is 0.328 e. The molecule has 120 valence electrons. The van der Waals surface area contributed by atoms with Crippen molar-refractivity contribution in [2.75, 3.05) is 18.8 Å². The predicted molar refractivity (Wildman–Crippen MR) is 82.1 cm³/mol. The fourth-order valence-corrected chi connectivity index (χ4v) is 4.54. The second-order valence-corrected chi connectivity index (χ2v) is 7.62. The van der Waals surface area contributed by atoms with Gasteiger partial charge in [0.1, 0.15) is 11.8 Å². The third-order valence-corrected chi connectivity index (χ3v) is 5.94. The summed E-state index contributed by atoms with van der Waals surface area (Å²) in [4.78, 5) is 22.8. The molecule has 1 aliphatic rings. The number of hydrogen-bond donors (Lipinski definition) is 1. The number of fused-ring (bicyclic) bond motifs is 1. The van der Waals surface area contributed by atoms with E-state index in [4.69, 9.17) is 0 Å². The van der Waals surface area contributed by atoms with Crippen molar-refractivity contribution in [2.24, 2.45) is 0 Å². The van der Waals surface area contributed by atoms with Gasteiger partial charge in [0.15, 0.2) is 5.65 Å². The molecule has 0 radical (unpaired) electrons. The number of sulfonamides is 1. The predicted octanol–water partition coefficient (Wildman–Crippen LogP) is 0.496. The van der Waals surface area contributed by atoms with Crippen LogP contribution in [0.25, 0.3) is 11.2 Å². The van der Waals surface area contributed by atoms with Crippen molar-refractivity contribution in [1.29, 1.82) is 0 Å². The van der Waals surface area contributed by atoms with Crippen LogP contribution in [0.5, 0.6) is 0 Å². The molecule has 8 nitrogen and oxygen atoms in total. The van der Waals surface area contributed by atoms with E-state index in [2.05, 4.69) is 15.0 Å². The smallest absolute Gasteiger partial charge is 0.303 e. The number of imidazole rings is 1. The van der Waals surface area contributed by atoms with Crippen LogP contribution in [0.15, 0.2) is 17.3 Å². The van der Waals surface area contributed by atoms with Crippen molar-refractivity contribution in [3.63, 3.8) is 0 Å². The third-order valence-electron chi connectivity index (χ3n) is 4.02. The highest BCUT2D eigenvalue weighted by atomic mass is 32.2. The molecule has 1 aliphatic heterocycles. The fraction of sp³-hybridized carbons (Fsp3) is 0.615. The van der Waals surface area contributed by atoms with Crippen molar-refractivity contribution in [1.82, 2.24) is 23.8 Å². The summed E-state index contributed by atoms with van der Waals surface area (Å²) in [5, 5.41) is 0. The van der Waals surface area contributed by atoms with Gasteiger partial charge in [-0.1, -0.05) is 13.3 Å². The first-order chi connectivity index (χ1) is 10.5. The number of nitrogens with zero attached hydrogens (tertiary/aromatic N) is 4. The van der Waals surface area contributed by atoms with E-state index in [1.165, 1.54) is 10.6 Å². The largest absolute Gasteiger partial charge is 0.328 e.